The number of amides is 2. The average molecular weight is 348 g/mol. The molecule has 1 aromatic rings. The lowest BCUT2D eigenvalue weighted by atomic mass is 10.2. The normalized spacial score (nSPS) is 15.8. The van der Waals surface area contributed by atoms with Gasteiger partial charge in [-0.15, -0.1) is 0 Å². The summed E-state index contributed by atoms with van der Waals surface area (Å²) in [6.07, 6.45) is 0. The molecule has 0 saturated carbocycles. The fourth-order valence-corrected chi connectivity index (χ4v) is 2.53. The Labute approximate surface area is 147 Å². The third-order valence-electron chi connectivity index (χ3n) is 4.52. The fraction of sp³-hybridized carbons (Fsp3) is 0.588. The van der Waals surface area contributed by atoms with E-state index in [1.54, 1.807) is 37.6 Å². The Hall–Kier alpha value is -2.37. The van der Waals surface area contributed by atoms with Gasteiger partial charge < -0.3 is 14.1 Å². The van der Waals surface area contributed by atoms with E-state index in [9.17, 15) is 14.9 Å². The van der Waals surface area contributed by atoms with Gasteiger partial charge in [0.05, 0.1) is 25.8 Å². The molecule has 0 radical (unpaired) electrons. The highest BCUT2D eigenvalue weighted by Crippen LogP contribution is 2.25. The van der Waals surface area contributed by atoms with Crippen molar-refractivity contribution in [2.24, 2.45) is 0 Å². The molecular formula is C17H24N4O4. The minimum Gasteiger partial charge on any atom is -0.444 e. The average Bonchev–Trinajstić information content (AvgIpc) is 2.87. The number of likely N-dealkylation sites (N-methyl/N-ethyl adjacent to an activating group) is 1. The van der Waals surface area contributed by atoms with Crippen LogP contribution in [0.5, 0.6) is 0 Å². The van der Waals surface area contributed by atoms with E-state index in [1.165, 1.54) is 0 Å². The van der Waals surface area contributed by atoms with Crippen molar-refractivity contribution in [1.29, 1.82) is 5.26 Å². The second-order valence-electron chi connectivity index (χ2n) is 6.17. The molecule has 25 heavy (non-hydrogen) atoms. The summed E-state index contributed by atoms with van der Waals surface area (Å²) in [5.74, 6) is 0.382. The molecule has 0 spiro atoms. The molecule has 0 aromatic carbocycles. The molecule has 2 rings (SSSR count). The van der Waals surface area contributed by atoms with Gasteiger partial charge in [-0.25, -0.2) is 0 Å². The second-order valence-corrected chi connectivity index (χ2v) is 6.17. The van der Waals surface area contributed by atoms with E-state index >= 15 is 0 Å². The summed E-state index contributed by atoms with van der Waals surface area (Å²) in [6.45, 7) is 7.57. The Morgan fingerprint density at radius 1 is 1.36 bits per heavy atom. The van der Waals surface area contributed by atoms with Crippen LogP contribution in [0.1, 0.15) is 23.8 Å². The summed E-state index contributed by atoms with van der Waals surface area (Å²) < 4.78 is 10.7. The quantitative estimate of drug-likeness (QED) is 0.848. The van der Waals surface area contributed by atoms with E-state index in [-0.39, 0.29) is 24.2 Å². The van der Waals surface area contributed by atoms with Crippen molar-refractivity contribution in [1.82, 2.24) is 9.80 Å². The van der Waals surface area contributed by atoms with Crippen molar-refractivity contribution in [3.05, 3.63) is 16.9 Å². The Kier molecular flexibility index (Phi) is 6.17. The number of carbonyl (C=O) groups excluding carboxylic acids is 2. The van der Waals surface area contributed by atoms with Crippen molar-refractivity contribution < 1.29 is 18.7 Å². The highest BCUT2D eigenvalue weighted by molar-refractivity contribution is 5.95. The first-order valence-corrected chi connectivity index (χ1v) is 8.21. The van der Waals surface area contributed by atoms with Crippen LogP contribution in [0, 0.1) is 25.2 Å². The Morgan fingerprint density at radius 3 is 2.60 bits per heavy atom. The van der Waals surface area contributed by atoms with E-state index in [1.807, 2.05) is 6.07 Å². The topological polar surface area (TPSA) is 98.8 Å². The first-order chi connectivity index (χ1) is 11.8. The fourth-order valence-electron chi connectivity index (χ4n) is 2.53. The van der Waals surface area contributed by atoms with Gasteiger partial charge in [-0.3, -0.25) is 19.8 Å². The summed E-state index contributed by atoms with van der Waals surface area (Å²) >= 11 is 0. The molecule has 1 saturated heterocycles. The molecule has 1 N–H and O–H groups in total. The van der Waals surface area contributed by atoms with Gasteiger partial charge in [-0.05, 0) is 27.8 Å². The number of ether oxygens (including phenoxy) is 1. The van der Waals surface area contributed by atoms with Crippen LogP contribution in [0.25, 0.3) is 0 Å². The summed E-state index contributed by atoms with van der Waals surface area (Å²) in [6, 6.07) is 1.49. The van der Waals surface area contributed by atoms with Gasteiger partial charge in [0, 0.05) is 18.7 Å². The predicted octanol–water partition coefficient (Wildman–Crippen LogP) is 0.886. The van der Waals surface area contributed by atoms with Gasteiger partial charge in [0.15, 0.2) is 0 Å². The smallest absolute Gasteiger partial charge is 0.243 e. The van der Waals surface area contributed by atoms with Gasteiger partial charge in [-0.1, -0.05) is 0 Å². The monoisotopic (exact) mass is 348 g/mol. The minimum atomic E-state index is -0.553. The summed E-state index contributed by atoms with van der Waals surface area (Å²) in [4.78, 5) is 28.1. The van der Waals surface area contributed by atoms with Gasteiger partial charge in [-0.2, -0.15) is 5.26 Å². The lowest BCUT2D eigenvalue weighted by molar-refractivity contribution is -0.137. The number of furan rings is 1. The predicted molar refractivity (Wildman–Crippen MR) is 91.0 cm³/mol. The highest BCUT2D eigenvalue weighted by Gasteiger charge is 2.25. The van der Waals surface area contributed by atoms with Crippen molar-refractivity contribution in [2.75, 3.05) is 45.2 Å². The zero-order chi connectivity index (χ0) is 18.6. The molecule has 2 heterocycles. The number of aryl methyl sites for hydroxylation is 1. The first kappa shape index (κ1) is 19.0. The van der Waals surface area contributed by atoms with E-state index in [0.717, 1.165) is 0 Å². The van der Waals surface area contributed by atoms with Crippen LogP contribution < -0.4 is 5.32 Å². The van der Waals surface area contributed by atoms with E-state index in [4.69, 9.17) is 9.15 Å². The number of anilines is 1. The standard InChI is InChI=1S/C17H24N4O4/c1-11-13(3)25-17(14(11)9-18)19-16(23)12(2)20(4)10-15(22)21-5-7-24-8-6-21/h12H,5-8,10H2,1-4H3,(H,19,23). The Bertz CT molecular complexity index is 686. The number of nitrogens with zero attached hydrogens (tertiary/aromatic N) is 3. The van der Waals surface area contributed by atoms with Crippen LogP contribution in [0.4, 0.5) is 5.88 Å². The Morgan fingerprint density at radius 2 is 2.00 bits per heavy atom. The van der Waals surface area contributed by atoms with Crippen LogP contribution in [-0.2, 0) is 14.3 Å². The molecule has 1 aromatic heterocycles. The molecule has 0 bridgehead atoms. The molecule has 1 unspecified atom stereocenters. The lowest BCUT2D eigenvalue weighted by Gasteiger charge is -2.30. The number of carbonyl (C=O) groups is 2. The molecule has 0 aliphatic carbocycles. The molecule has 1 atom stereocenters. The van der Waals surface area contributed by atoms with Crippen molar-refractivity contribution in [2.45, 2.75) is 26.8 Å². The number of nitriles is 1. The van der Waals surface area contributed by atoms with Crippen LogP contribution in [-0.4, -0.2) is 67.6 Å². The number of hydrogen-bond donors (Lipinski definition) is 1. The molecule has 8 nitrogen and oxygen atoms in total. The van der Waals surface area contributed by atoms with Crippen molar-refractivity contribution >= 4 is 17.7 Å². The Balaban J connectivity index is 1.96. The first-order valence-electron chi connectivity index (χ1n) is 8.21. The van der Waals surface area contributed by atoms with Gasteiger partial charge >= 0.3 is 0 Å². The SMILES string of the molecule is Cc1oc(NC(=O)C(C)N(C)CC(=O)N2CCOCC2)c(C#N)c1C. The van der Waals surface area contributed by atoms with Crippen LogP contribution in [0.3, 0.4) is 0 Å². The number of hydrogen-bond acceptors (Lipinski definition) is 6. The minimum absolute atomic E-state index is 0.0344. The zero-order valence-corrected chi connectivity index (χ0v) is 15.1. The number of morpholine rings is 1. The zero-order valence-electron chi connectivity index (χ0n) is 15.1. The maximum Gasteiger partial charge on any atom is 0.243 e. The number of nitrogens with one attached hydrogen (secondary N) is 1. The van der Waals surface area contributed by atoms with Gasteiger partial charge in [0.1, 0.15) is 17.4 Å². The van der Waals surface area contributed by atoms with Crippen molar-refractivity contribution in [3.63, 3.8) is 0 Å². The van der Waals surface area contributed by atoms with Gasteiger partial charge in [0.25, 0.3) is 0 Å². The molecule has 2 amide bonds. The van der Waals surface area contributed by atoms with E-state index in [2.05, 4.69) is 5.32 Å². The summed E-state index contributed by atoms with van der Waals surface area (Å²) in [7, 11) is 1.71. The highest BCUT2D eigenvalue weighted by atomic mass is 16.5. The maximum atomic E-state index is 12.4. The van der Waals surface area contributed by atoms with E-state index in [0.29, 0.717) is 43.2 Å². The molecule has 136 valence electrons. The lowest BCUT2D eigenvalue weighted by Crippen LogP contribution is -2.48. The van der Waals surface area contributed by atoms with Crippen LogP contribution >= 0.6 is 0 Å². The second kappa shape index (κ2) is 8.14. The van der Waals surface area contributed by atoms with E-state index < -0.39 is 6.04 Å². The van der Waals surface area contributed by atoms with Crippen molar-refractivity contribution in [3.8, 4) is 6.07 Å². The number of rotatable bonds is 5. The molecule has 1 aliphatic rings. The molecular weight excluding hydrogens is 324 g/mol. The van der Waals surface area contributed by atoms with Gasteiger partial charge in [0.2, 0.25) is 17.7 Å². The molecule has 1 aliphatic heterocycles. The largest absolute Gasteiger partial charge is 0.444 e. The summed E-state index contributed by atoms with van der Waals surface area (Å²) in [5, 5.41) is 11.8. The summed E-state index contributed by atoms with van der Waals surface area (Å²) in [5.41, 5.74) is 1.03. The maximum absolute atomic E-state index is 12.4. The molecule has 1 fully saturated rings. The third kappa shape index (κ3) is 4.38. The van der Waals surface area contributed by atoms with Crippen LogP contribution in [0.2, 0.25) is 0 Å². The third-order valence-corrected chi connectivity index (χ3v) is 4.52. The van der Waals surface area contributed by atoms with Crippen LogP contribution in [0.15, 0.2) is 4.42 Å². The molecule has 8 heteroatoms.